The van der Waals surface area contributed by atoms with E-state index in [-0.39, 0.29) is 0 Å². The van der Waals surface area contributed by atoms with Crippen molar-refractivity contribution in [2.24, 2.45) is 0 Å². The maximum atomic E-state index is 4.86. The monoisotopic (exact) mass is 354 g/mol. The fourth-order valence-electron chi connectivity index (χ4n) is 3.23. The van der Waals surface area contributed by atoms with Crippen molar-refractivity contribution in [1.82, 2.24) is 29.3 Å². The van der Waals surface area contributed by atoms with Crippen LogP contribution in [-0.2, 0) is 32.7 Å². The first kappa shape index (κ1) is 16.4. The quantitative estimate of drug-likeness (QED) is 0.680. The zero-order valence-corrected chi connectivity index (χ0v) is 15.2. The lowest BCUT2D eigenvalue weighted by molar-refractivity contribution is 0.208. The predicted molar refractivity (Wildman–Crippen MR) is 97.9 cm³/mol. The normalized spacial score (nSPS) is 14.8. The van der Waals surface area contributed by atoms with Gasteiger partial charge in [-0.25, -0.2) is 9.97 Å². The predicted octanol–water partition coefficient (Wildman–Crippen LogP) is 2.38. The molecule has 0 fully saturated rings. The van der Waals surface area contributed by atoms with Gasteiger partial charge in [-0.3, -0.25) is 14.8 Å². The summed E-state index contributed by atoms with van der Waals surface area (Å²) >= 11 is 1.72. The van der Waals surface area contributed by atoms with Crippen molar-refractivity contribution >= 4 is 11.3 Å². The van der Waals surface area contributed by atoms with Crippen LogP contribution in [0.25, 0.3) is 0 Å². The van der Waals surface area contributed by atoms with Gasteiger partial charge in [0, 0.05) is 56.3 Å². The largest absolute Gasteiger partial charge is 0.332 e. The van der Waals surface area contributed by atoms with E-state index < -0.39 is 0 Å². The highest BCUT2D eigenvalue weighted by Gasteiger charge is 2.19. The van der Waals surface area contributed by atoms with Gasteiger partial charge in [0.15, 0.2) is 0 Å². The van der Waals surface area contributed by atoms with Gasteiger partial charge in [0.05, 0.1) is 18.8 Å². The molecular formula is C18H22N6S. The van der Waals surface area contributed by atoms with Crippen molar-refractivity contribution in [2.45, 2.75) is 32.7 Å². The first-order valence-electron chi connectivity index (χ1n) is 8.49. The van der Waals surface area contributed by atoms with E-state index in [2.05, 4.69) is 43.6 Å². The number of fused-ring (bicyclic) bond motifs is 1. The molecule has 0 spiro atoms. The molecule has 1 aliphatic heterocycles. The van der Waals surface area contributed by atoms with Gasteiger partial charge in [0.1, 0.15) is 10.8 Å². The number of imidazole rings is 1. The Morgan fingerprint density at radius 3 is 3.00 bits per heavy atom. The Bertz CT molecular complexity index is 798. The second-order valence-electron chi connectivity index (χ2n) is 6.51. The zero-order valence-electron chi connectivity index (χ0n) is 14.4. The zero-order chi connectivity index (χ0) is 17.1. The van der Waals surface area contributed by atoms with E-state index in [0.29, 0.717) is 0 Å². The van der Waals surface area contributed by atoms with Gasteiger partial charge in [-0.05, 0) is 18.7 Å². The Morgan fingerprint density at radius 1 is 1.24 bits per heavy atom. The van der Waals surface area contributed by atoms with Gasteiger partial charge in [0.25, 0.3) is 0 Å². The minimum absolute atomic E-state index is 0.849. The van der Waals surface area contributed by atoms with Crippen molar-refractivity contribution in [3.63, 3.8) is 0 Å². The molecule has 0 atom stereocenters. The average Bonchev–Trinajstić information content (AvgIpc) is 3.24. The average molecular weight is 354 g/mol. The van der Waals surface area contributed by atoms with Crippen LogP contribution in [0.5, 0.6) is 0 Å². The summed E-state index contributed by atoms with van der Waals surface area (Å²) < 4.78 is 2.30. The number of pyridine rings is 1. The first-order valence-corrected chi connectivity index (χ1v) is 9.37. The van der Waals surface area contributed by atoms with E-state index in [4.69, 9.17) is 4.98 Å². The summed E-state index contributed by atoms with van der Waals surface area (Å²) in [5.74, 6) is 1.16. The molecule has 3 aromatic rings. The minimum Gasteiger partial charge on any atom is -0.332 e. The second-order valence-corrected chi connectivity index (χ2v) is 7.49. The molecular weight excluding hydrogens is 332 g/mol. The van der Waals surface area contributed by atoms with E-state index in [1.807, 2.05) is 30.0 Å². The van der Waals surface area contributed by atoms with Gasteiger partial charge < -0.3 is 4.57 Å². The molecule has 0 saturated carbocycles. The van der Waals surface area contributed by atoms with Crippen LogP contribution in [0.3, 0.4) is 0 Å². The Hall–Kier alpha value is -2.09. The number of rotatable bonds is 6. The summed E-state index contributed by atoms with van der Waals surface area (Å²) in [6.45, 7) is 5.59. The molecule has 3 aromatic heterocycles. The van der Waals surface area contributed by atoms with Gasteiger partial charge in [-0.15, -0.1) is 11.3 Å². The van der Waals surface area contributed by atoms with Crippen LogP contribution in [0.2, 0.25) is 0 Å². The number of thiazole rings is 1. The molecule has 25 heavy (non-hydrogen) atoms. The van der Waals surface area contributed by atoms with Crippen molar-refractivity contribution in [3.05, 3.63) is 64.4 Å². The van der Waals surface area contributed by atoms with Crippen molar-refractivity contribution in [1.29, 1.82) is 0 Å². The Labute approximate surface area is 151 Å². The Morgan fingerprint density at radius 2 is 2.20 bits per heavy atom. The van der Waals surface area contributed by atoms with Gasteiger partial charge in [-0.2, -0.15) is 0 Å². The topological polar surface area (TPSA) is 50.1 Å². The highest BCUT2D eigenvalue weighted by molar-refractivity contribution is 7.09. The van der Waals surface area contributed by atoms with E-state index in [1.165, 1.54) is 10.6 Å². The Kier molecular flexibility index (Phi) is 4.87. The second kappa shape index (κ2) is 7.43. The molecule has 1 aliphatic rings. The van der Waals surface area contributed by atoms with E-state index in [0.717, 1.165) is 50.8 Å². The van der Waals surface area contributed by atoms with Gasteiger partial charge in [-0.1, -0.05) is 6.07 Å². The molecule has 4 heterocycles. The highest BCUT2D eigenvalue weighted by Crippen LogP contribution is 2.17. The SMILES string of the molecule is CN(Cc1cccnc1)Cc1cn2c(n1)CN(Cc1nccs1)CC2. The van der Waals surface area contributed by atoms with Gasteiger partial charge >= 0.3 is 0 Å². The summed E-state index contributed by atoms with van der Waals surface area (Å²) in [5.41, 5.74) is 2.36. The summed E-state index contributed by atoms with van der Waals surface area (Å²) in [4.78, 5) is 18.1. The third-order valence-corrected chi connectivity index (χ3v) is 5.15. The molecule has 0 bridgehead atoms. The van der Waals surface area contributed by atoms with Crippen LogP contribution in [-0.4, -0.2) is 42.9 Å². The molecule has 4 rings (SSSR count). The minimum atomic E-state index is 0.849. The lowest BCUT2D eigenvalue weighted by Crippen LogP contribution is -2.33. The molecule has 7 heteroatoms. The van der Waals surface area contributed by atoms with Crippen molar-refractivity contribution in [3.8, 4) is 0 Å². The molecule has 0 aliphatic carbocycles. The number of aromatic nitrogens is 4. The molecule has 0 N–H and O–H groups in total. The molecule has 0 aromatic carbocycles. The molecule has 0 saturated heterocycles. The van der Waals surface area contributed by atoms with Crippen LogP contribution in [0.15, 0.2) is 42.3 Å². The van der Waals surface area contributed by atoms with Gasteiger partial charge in [0.2, 0.25) is 0 Å². The van der Waals surface area contributed by atoms with Crippen molar-refractivity contribution < 1.29 is 0 Å². The molecule has 0 unspecified atom stereocenters. The summed E-state index contributed by atoms with van der Waals surface area (Å²) in [5, 5.41) is 3.22. The maximum absolute atomic E-state index is 4.86. The summed E-state index contributed by atoms with van der Waals surface area (Å²) in [6, 6.07) is 4.09. The molecule has 6 nitrogen and oxygen atoms in total. The number of hydrogen-bond donors (Lipinski definition) is 0. The smallest absolute Gasteiger partial charge is 0.123 e. The van der Waals surface area contributed by atoms with Crippen LogP contribution in [0.4, 0.5) is 0 Å². The van der Waals surface area contributed by atoms with Crippen molar-refractivity contribution in [2.75, 3.05) is 13.6 Å². The third kappa shape index (κ3) is 4.12. The lowest BCUT2D eigenvalue weighted by atomic mass is 10.2. The lowest BCUT2D eigenvalue weighted by Gasteiger charge is -2.26. The summed E-state index contributed by atoms with van der Waals surface area (Å²) in [7, 11) is 2.13. The first-order chi connectivity index (χ1) is 12.3. The van der Waals surface area contributed by atoms with E-state index in [9.17, 15) is 0 Å². The summed E-state index contributed by atoms with van der Waals surface area (Å²) in [6.07, 6.45) is 7.81. The van der Waals surface area contributed by atoms with Crippen LogP contribution >= 0.6 is 11.3 Å². The standard InChI is InChI=1S/C18H22N6S/c1-22(10-15-3-2-4-19-9-15)11-16-12-24-7-6-23(13-17(24)21-16)14-18-20-5-8-25-18/h2-5,8-9,12H,6-7,10-11,13-14H2,1H3. The molecule has 130 valence electrons. The third-order valence-electron chi connectivity index (χ3n) is 4.38. The molecule has 0 amide bonds. The van der Waals surface area contributed by atoms with Crippen LogP contribution < -0.4 is 0 Å². The Balaban J connectivity index is 1.36. The molecule has 0 radical (unpaired) electrons. The fourth-order valence-corrected chi connectivity index (χ4v) is 3.89. The number of hydrogen-bond acceptors (Lipinski definition) is 6. The van der Waals surface area contributed by atoms with E-state index in [1.54, 1.807) is 11.3 Å². The fraction of sp³-hybridized carbons (Fsp3) is 0.389. The van der Waals surface area contributed by atoms with Crippen LogP contribution in [0, 0.1) is 0 Å². The van der Waals surface area contributed by atoms with E-state index >= 15 is 0 Å². The maximum Gasteiger partial charge on any atom is 0.123 e. The number of nitrogens with zero attached hydrogens (tertiary/aromatic N) is 6. The highest BCUT2D eigenvalue weighted by atomic mass is 32.1. The van der Waals surface area contributed by atoms with Crippen LogP contribution in [0.1, 0.15) is 22.1 Å².